The van der Waals surface area contributed by atoms with Crippen LogP contribution in [0.15, 0.2) is 57.7 Å². The molecule has 0 fully saturated rings. The van der Waals surface area contributed by atoms with Crippen molar-refractivity contribution in [2.45, 2.75) is 20.5 Å². The summed E-state index contributed by atoms with van der Waals surface area (Å²) in [6.45, 7) is 3.22. The molecule has 0 atom stereocenters. The van der Waals surface area contributed by atoms with Crippen LogP contribution in [0.5, 0.6) is 0 Å². The van der Waals surface area contributed by atoms with Crippen molar-refractivity contribution in [1.29, 1.82) is 0 Å². The third-order valence-electron chi connectivity index (χ3n) is 3.76. The molecule has 1 heterocycles. The van der Waals surface area contributed by atoms with Crippen LogP contribution in [0, 0.1) is 6.92 Å². The number of rotatable bonds is 4. The molecule has 0 aliphatic carbocycles. The molecule has 26 heavy (non-hydrogen) atoms. The van der Waals surface area contributed by atoms with Gasteiger partial charge in [0.05, 0.1) is 5.56 Å². The van der Waals surface area contributed by atoms with Gasteiger partial charge in [-0.15, -0.1) is 0 Å². The van der Waals surface area contributed by atoms with Crippen LogP contribution >= 0.6 is 0 Å². The lowest BCUT2D eigenvalue weighted by molar-refractivity contribution is -0.114. The standard InChI is InChI=1S/C20H17NO5/c1-12-6-7-17-15(10-19(23)26-18(17)8-12)11-25-20(24)14-4-3-5-16(9-14)21-13(2)22/h3-10H,11H2,1-2H3,(H,21,22). The summed E-state index contributed by atoms with van der Waals surface area (Å²) in [6, 6.07) is 13.3. The summed E-state index contributed by atoms with van der Waals surface area (Å²) in [5, 5.41) is 3.33. The summed E-state index contributed by atoms with van der Waals surface area (Å²) in [5.41, 5.74) is 2.30. The maximum absolute atomic E-state index is 12.3. The van der Waals surface area contributed by atoms with E-state index in [2.05, 4.69) is 5.32 Å². The molecule has 0 saturated heterocycles. The van der Waals surface area contributed by atoms with Crippen molar-refractivity contribution in [3.05, 3.63) is 75.6 Å². The number of nitrogens with one attached hydrogen (secondary N) is 1. The molecule has 1 N–H and O–H groups in total. The zero-order chi connectivity index (χ0) is 18.7. The van der Waals surface area contributed by atoms with Crippen molar-refractivity contribution in [2.75, 3.05) is 5.32 Å². The first-order chi connectivity index (χ1) is 12.4. The zero-order valence-electron chi connectivity index (χ0n) is 14.4. The minimum atomic E-state index is -0.550. The first-order valence-corrected chi connectivity index (χ1v) is 8.00. The molecule has 6 nitrogen and oxygen atoms in total. The fourth-order valence-electron chi connectivity index (χ4n) is 2.61. The highest BCUT2D eigenvalue weighted by Crippen LogP contribution is 2.20. The van der Waals surface area contributed by atoms with Gasteiger partial charge in [0.15, 0.2) is 0 Å². The van der Waals surface area contributed by atoms with Crippen molar-refractivity contribution in [2.24, 2.45) is 0 Å². The summed E-state index contributed by atoms with van der Waals surface area (Å²) in [4.78, 5) is 35.1. The Hall–Kier alpha value is -3.41. The van der Waals surface area contributed by atoms with E-state index in [4.69, 9.17) is 9.15 Å². The molecule has 0 spiro atoms. The quantitative estimate of drug-likeness (QED) is 0.575. The van der Waals surface area contributed by atoms with Crippen molar-refractivity contribution in [1.82, 2.24) is 0 Å². The van der Waals surface area contributed by atoms with Gasteiger partial charge in [-0.05, 0) is 36.8 Å². The van der Waals surface area contributed by atoms with Crippen molar-refractivity contribution < 1.29 is 18.7 Å². The maximum atomic E-state index is 12.3. The number of ether oxygens (including phenoxy) is 1. The minimum Gasteiger partial charge on any atom is -0.457 e. The molecule has 0 unspecified atom stereocenters. The lowest BCUT2D eigenvalue weighted by Crippen LogP contribution is -2.10. The van der Waals surface area contributed by atoms with Crippen LogP contribution in [0.2, 0.25) is 0 Å². The van der Waals surface area contributed by atoms with Gasteiger partial charge in [-0.3, -0.25) is 4.79 Å². The Kier molecular flexibility index (Phi) is 4.84. The monoisotopic (exact) mass is 351 g/mol. The predicted octanol–water partition coefficient (Wildman–Crippen LogP) is 3.42. The lowest BCUT2D eigenvalue weighted by Gasteiger charge is -2.09. The molecule has 0 radical (unpaired) electrons. The second-order valence-electron chi connectivity index (χ2n) is 5.93. The maximum Gasteiger partial charge on any atom is 0.338 e. The van der Waals surface area contributed by atoms with Crippen molar-refractivity contribution in [3.8, 4) is 0 Å². The van der Waals surface area contributed by atoms with E-state index in [1.165, 1.54) is 19.1 Å². The highest BCUT2D eigenvalue weighted by atomic mass is 16.5. The summed E-state index contributed by atoms with van der Waals surface area (Å²) in [7, 11) is 0. The summed E-state index contributed by atoms with van der Waals surface area (Å²) in [6.07, 6.45) is 0. The predicted molar refractivity (Wildman–Crippen MR) is 97.1 cm³/mol. The van der Waals surface area contributed by atoms with E-state index >= 15 is 0 Å². The van der Waals surface area contributed by atoms with Gasteiger partial charge in [0, 0.05) is 29.6 Å². The molecule has 0 bridgehead atoms. The number of benzene rings is 2. The van der Waals surface area contributed by atoms with E-state index in [0.29, 0.717) is 22.4 Å². The fourth-order valence-corrected chi connectivity index (χ4v) is 2.61. The van der Waals surface area contributed by atoms with Crippen LogP contribution < -0.4 is 10.9 Å². The average Bonchev–Trinajstić information content (AvgIpc) is 2.58. The highest BCUT2D eigenvalue weighted by Gasteiger charge is 2.11. The number of hydrogen-bond acceptors (Lipinski definition) is 5. The van der Waals surface area contributed by atoms with Crippen LogP contribution in [-0.4, -0.2) is 11.9 Å². The molecule has 3 rings (SSSR count). The van der Waals surface area contributed by atoms with Crippen LogP contribution in [-0.2, 0) is 16.1 Å². The summed E-state index contributed by atoms with van der Waals surface area (Å²) < 4.78 is 10.5. The SMILES string of the molecule is CC(=O)Nc1cccc(C(=O)OCc2cc(=O)oc3cc(C)ccc23)c1. The number of anilines is 1. The summed E-state index contributed by atoms with van der Waals surface area (Å²) >= 11 is 0. The third kappa shape index (κ3) is 3.97. The molecule has 3 aromatic rings. The van der Waals surface area contributed by atoms with Gasteiger partial charge >= 0.3 is 11.6 Å². The Labute approximate surface area is 149 Å². The first-order valence-electron chi connectivity index (χ1n) is 8.00. The van der Waals surface area contributed by atoms with Crippen LogP contribution in [0.1, 0.15) is 28.4 Å². The molecule has 0 aliphatic rings. The number of carbonyl (C=O) groups excluding carboxylic acids is 2. The van der Waals surface area contributed by atoms with Crippen molar-refractivity contribution >= 4 is 28.5 Å². The number of hydrogen-bond donors (Lipinski definition) is 1. The van der Waals surface area contributed by atoms with Gasteiger partial charge in [0.2, 0.25) is 5.91 Å². The van der Waals surface area contributed by atoms with E-state index in [1.807, 2.05) is 19.1 Å². The van der Waals surface area contributed by atoms with Gasteiger partial charge in [0.25, 0.3) is 0 Å². The minimum absolute atomic E-state index is 0.0612. The van der Waals surface area contributed by atoms with Gasteiger partial charge < -0.3 is 14.5 Å². The fraction of sp³-hybridized carbons (Fsp3) is 0.150. The average molecular weight is 351 g/mol. The Morgan fingerprint density at radius 1 is 1.12 bits per heavy atom. The van der Waals surface area contributed by atoms with Gasteiger partial charge in [-0.1, -0.05) is 18.2 Å². The Morgan fingerprint density at radius 2 is 1.92 bits per heavy atom. The number of aryl methyl sites for hydroxylation is 1. The largest absolute Gasteiger partial charge is 0.457 e. The molecule has 0 aliphatic heterocycles. The van der Waals surface area contributed by atoms with Crippen LogP contribution in [0.4, 0.5) is 5.69 Å². The molecule has 0 saturated carbocycles. The number of carbonyl (C=O) groups is 2. The van der Waals surface area contributed by atoms with Gasteiger partial charge in [-0.25, -0.2) is 9.59 Å². The van der Waals surface area contributed by atoms with Gasteiger partial charge in [-0.2, -0.15) is 0 Å². The number of esters is 1. The highest BCUT2D eigenvalue weighted by molar-refractivity contribution is 5.93. The van der Waals surface area contributed by atoms with E-state index in [1.54, 1.807) is 24.3 Å². The molecule has 132 valence electrons. The molecular weight excluding hydrogens is 334 g/mol. The zero-order valence-corrected chi connectivity index (χ0v) is 14.4. The topological polar surface area (TPSA) is 85.6 Å². The molecule has 2 aromatic carbocycles. The van der Waals surface area contributed by atoms with E-state index < -0.39 is 11.6 Å². The Morgan fingerprint density at radius 3 is 2.69 bits per heavy atom. The summed E-state index contributed by atoms with van der Waals surface area (Å²) in [5.74, 6) is -0.779. The number of amides is 1. The molecule has 1 amide bonds. The molecule has 1 aromatic heterocycles. The third-order valence-corrected chi connectivity index (χ3v) is 3.76. The molecular formula is C20H17NO5. The van der Waals surface area contributed by atoms with E-state index in [9.17, 15) is 14.4 Å². The van der Waals surface area contributed by atoms with Gasteiger partial charge in [0.1, 0.15) is 12.2 Å². The second kappa shape index (κ2) is 7.23. The Bertz CT molecular complexity index is 1050. The Balaban J connectivity index is 1.81. The van der Waals surface area contributed by atoms with Crippen LogP contribution in [0.25, 0.3) is 11.0 Å². The molecule has 6 heteroatoms. The first kappa shape index (κ1) is 17.4. The smallest absolute Gasteiger partial charge is 0.338 e. The second-order valence-corrected chi connectivity index (χ2v) is 5.93. The number of fused-ring (bicyclic) bond motifs is 1. The normalized spacial score (nSPS) is 10.5. The van der Waals surface area contributed by atoms with Crippen LogP contribution in [0.3, 0.4) is 0 Å². The van der Waals surface area contributed by atoms with Crippen molar-refractivity contribution in [3.63, 3.8) is 0 Å². The van der Waals surface area contributed by atoms with E-state index in [-0.39, 0.29) is 12.5 Å². The van der Waals surface area contributed by atoms with E-state index in [0.717, 1.165) is 10.9 Å². The lowest BCUT2D eigenvalue weighted by atomic mass is 10.1.